The molecule has 2 aromatic carbocycles. The molecule has 6 nitrogen and oxygen atoms in total. The van der Waals surface area contributed by atoms with Gasteiger partial charge >= 0.3 is 5.63 Å². The number of amides is 1. The second kappa shape index (κ2) is 9.74. The van der Waals surface area contributed by atoms with E-state index in [4.69, 9.17) is 9.15 Å². The highest BCUT2D eigenvalue weighted by Gasteiger charge is 2.44. The second-order valence-electron chi connectivity index (χ2n) is 10.6. The number of benzene rings is 2. The molecule has 0 unspecified atom stereocenters. The van der Waals surface area contributed by atoms with Gasteiger partial charge in [0.1, 0.15) is 11.3 Å². The highest BCUT2D eigenvalue weighted by Crippen LogP contribution is 2.40. The van der Waals surface area contributed by atoms with Gasteiger partial charge in [-0.3, -0.25) is 4.79 Å². The molecule has 1 saturated carbocycles. The lowest BCUT2D eigenvalue weighted by atomic mass is 9.71. The Labute approximate surface area is 211 Å². The predicted molar refractivity (Wildman–Crippen MR) is 139 cm³/mol. The number of aryl methyl sites for hydroxylation is 2. The van der Waals surface area contributed by atoms with E-state index in [0.717, 1.165) is 47.8 Å². The maximum absolute atomic E-state index is 13.4. The average molecular weight is 490 g/mol. The van der Waals surface area contributed by atoms with Gasteiger partial charge in [-0.25, -0.2) is 4.79 Å². The minimum Gasteiger partial charge on any atom is -0.480 e. The van der Waals surface area contributed by atoms with Gasteiger partial charge < -0.3 is 19.2 Å². The molecule has 6 heteroatoms. The lowest BCUT2D eigenvalue weighted by molar-refractivity contribution is -0.149. The van der Waals surface area contributed by atoms with Gasteiger partial charge in [-0.15, -0.1) is 0 Å². The Kier molecular flexibility index (Phi) is 6.64. The fourth-order valence-corrected chi connectivity index (χ4v) is 6.00. The Morgan fingerprint density at radius 3 is 2.75 bits per heavy atom. The van der Waals surface area contributed by atoms with Gasteiger partial charge in [-0.05, 0) is 68.9 Å². The quantitative estimate of drug-likeness (QED) is 0.515. The largest absolute Gasteiger partial charge is 0.480 e. The Bertz CT molecular complexity index is 1330. The predicted octanol–water partition coefficient (Wildman–Crippen LogP) is 4.92. The number of likely N-dealkylation sites (tertiary alicyclic amines) is 1. The first kappa shape index (κ1) is 24.6. The summed E-state index contributed by atoms with van der Waals surface area (Å²) < 4.78 is 12.0. The van der Waals surface area contributed by atoms with E-state index in [1.807, 2.05) is 61.2 Å². The van der Waals surface area contributed by atoms with Gasteiger partial charge in [0.05, 0.1) is 11.0 Å². The minimum absolute atomic E-state index is 0.0724. The van der Waals surface area contributed by atoms with Crippen LogP contribution in [0.4, 0.5) is 0 Å². The molecule has 1 amide bonds. The summed E-state index contributed by atoms with van der Waals surface area (Å²) in [6.07, 6.45) is 4.33. The van der Waals surface area contributed by atoms with Gasteiger partial charge in [0.15, 0.2) is 6.10 Å². The third kappa shape index (κ3) is 4.66. The van der Waals surface area contributed by atoms with Crippen LogP contribution in [0.1, 0.15) is 61.3 Å². The molecular formula is C30H35NO5. The lowest BCUT2D eigenvalue weighted by Crippen LogP contribution is -2.56. The van der Waals surface area contributed by atoms with Crippen molar-refractivity contribution in [1.29, 1.82) is 0 Å². The summed E-state index contributed by atoms with van der Waals surface area (Å²) >= 11 is 0. The first-order valence-electron chi connectivity index (χ1n) is 13.0. The van der Waals surface area contributed by atoms with Crippen LogP contribution in [-0.2, 0) is 11.2 Å². The topological polar surface area (TPSA) is 80.0 Å². The first-order chi connectivity index (χ1) is 17.2. The maximum atomic E-state index is 13.4. The second-order valence-corrected chi connectivity index (χ2v) is 10.6. The fourth-order valence-electron chi connectivity index (χ4n) is 6.00. The van der Waals surface area contributed by atoms with Crippen molar-refractivity contribution in [3.63, 3.8) is 0 Å². The third-order valence-electron chi connectivity index (χ3n) is 8.10. The minimum atomic E-state index is -0.700. The summed E-state index contributed by atoms with van der Waals surface area (Å²) in [5.41, 5.74) is 2.81. The Balaban J connectivity index is 1.42. The molecule has 1 aliphatic carbocycles. The van der Waals surface area contributed by atoms with Crippen LogP contribution in [0.5, 0.6) is 5.75 Å². The normalized spacial score (nSPS) is 22.8. The van der Waals surface area contributed by atoms with Crippen LogP contribution in [0.15, 0.2) is 51.7 Å². The summed E-state index contributed by atoms with van der Waals surface area (Å²) in [6, 6.07) is 13.6. The van der Waals surface area contributed by atoms with Gasteiger partial charge in [0.25, 0.3) is 5.91 Å². The number of hydrogen-bond donors (Lipinski definition) is 1. The van der Waals surface area contributed by atoms with Crippen molar-refractivity contribution in [2.45, 2.75) is 71.0 Å². The Morgan fingerprint density at radius 2 is 1.97 bits per heavy atom. The van der Waals surface area contributed by atoms with E-state index in [9.17, 15) is 14.7 Å². The number of nitrogens with zero attached hydrogens (tertiary/aromatic N) is 1. The van der Waals surface area contributed by atoms with Crippen molar-refractivity contribution in [3.8, 4) is 5.75 Å². The summed E-state index contributed by atoms with van der Waals surface area (Å²) in [5, 5.41) is 11.7. The van der Waals surface area contributed by atoms with Gasteiger partial charge in [0.2, 0.25) is 0 Å². The monoisotopic (exact) mass is 489 g/mol. The molecule has 1 aromatic heterocycles. The van der Waals surface area contributed by atoms with E-state index in [0.29, 0.717) is 42.8 Å². The Morgan fingerprint density at radius 1 is 1.19 bits per heavy atom. The summed E-state index contributed by atoms with van der Waals surface area (Å²) in [4.78, 5) is 28.1. The molecule has 3 aromatic rings. The molecule has 1 saturated heterocycles. The molecule has 2 aliphatic rings. The van der Waals surface area contributed by atoms with Gasteiger partial charge in [0, 0.05) is 31.0 Å². The average Bonchev–Trinajstić information content (AvgIpc) is 2.85. The van der Waals surface area contributed by atoms with E-state index in [1.54, 1.807) is 6.92 Å². The van der Waals surface area contributed by atoms with Crippen LogP contribution in [0, 0.1) is 19.8 Å². The molecule has 190 valence electrons. The summed E-state index contributed by atoms with van der Waals surface area (Å²) in [6.45, 7) is 6.73. The number of aliphatic hydroxyl groups is 1. The first-order valence-corrected chi connectivity index (χ1v) is 13.0. The van der Waals surface area contributed by atoms with Gasteiger partial charge in [-0.1, -0.05) is 43.2 Å². The van der Waals surface area contributed by atoms with Crippen molar-refractivity contribution < 1.29 is 19.1 Å². The molecular weight excluding hydrogens is 454 g/mol. The molecule has 36 heavy (non-hydrogen) atoms. The van der Waals surface area contributed by atoms with Crippen molar-refractivity contribution in [3.05, 3.63) is 75.1 Å². The maximum Gasteiger partial charge on any atom is 0.340 e. The molecule has 0 radical (unpaired) electrons. The number of carbonyl (C=O) groups excluding carboxylic acids is 1. The zero-order chi connectivity index (χ0) is 25.4. The molecule has 2 heterocycles. The third-order valence-corrected chi connectivity index (χ3v) is 8.10. The zero-order valence-electron chi connectivity index (χ0n) is 21.4. The molecule has 3 atom stereocenters. The number of hydrogen-bond acceptors (Lipinski definition) is 5. The van der Waals surface area contributed by atoms with Crippen LogP contribution in [-0.4, -0.2) is 40.7 Å². The van der Waals surface area contributed by atoms with Crippen molar-refractivity contribution in [1.82, 2.24) is 4.90 Å². The van der Waals surface area contributed by atoms with Crippen LogP contribution in [0.2, 0.25) is 0 Å². The molecule has 0 bridgehead atoms. The lowest BCUT2D eigenvalue weighted by Gasteiger charge is -2.47. The van der Waals surface area contributed by atoms with E-state index in [2.05, 4.69) is 0 Å². The zero-order valence-corrected chi connectivity index (χ0v) is 21.4. The Hall–Kier alpha value is -3.12. The molecule has 2 fully saturated rings. The van der Waals surface area contributed by atoms with Crippen molar-refractivity contribution in [2.24, 2.45) is 5.92 Å². The molecule has 1 N–H and O–H groups in total. The molecule has 1 aliphatic heterocycles. The fraction of sp³-hybridized carbons (Fsp3) is 0.467. The highest BCUT2D eigenvalue weighted by atomic mass is 16.5. The summed E-state index contributed by atoms with van der Waals surface area (Å²) in [7, 11) is 0. The van der Waals surface area contributed by atoms with Crippen LogP contribution in [0.3, 0.4) is 0 Å². The van der Waals surface area contributed by atoms with E-state index in [1.165, 1.54) is 0 Å². The SMILES string of the molecule is Cc1cc(O[C@@H](C)C(=O)N2CC[C@]3(O)CCCC[C@H]3C2)c2c(C)c(Cc3ccccc3)c(=O)oc2c1. The molecule has 5 rings (SSSR count). The number of rotatable bonds is 5. The van der Waals surface area contributed by atoms with Crippen LogP contribution >= 0.6 is 0 Å². The van der Waals surface area contributed by atoms with Gasteiger partial charge in [-0.2, -0.15) is 0 Å². The number of ether oxygens (including phenoxy) is 1. The smallest absolute Gasteiger partial charge is 0.340 e. The van der Waals surface area contributed by atoms with E-state index in [-0.39, 0.29) is 17.5 Å². The van der Waals surface area contributed by atoms with Crippen molar-refractivity contribution >= 4 is 16.9 Å². The number of piperidine rings is 1. The van der Waals surface area contributed by atoms with Crippen molar-refractivity contribution in [2.75, 3.05) is 13.1 Å². The standard InChI is InChI=1S/C30H35NO5/c1-19-15-25(35-21(3)28(32)31-14-13-30(34)12-8-7-11-23(30)18-31)27-20(2)24(29(33)36-26(27)16-19)17-22-9-5-4-6-10-22/h4-6,9-10,15-16,21,23,34H,7-8,11-14,17-18H2,1-3H3/t21-,23-,30+/m0/s1. The number of carbonyl (C=O) groups is 1. The van der Waals surface area contributed by atoms with Crippen LogP contribution < -0.4 is 10.4 Å². The van der Waals surface area contributed by atoms with E-state index < -0.39 is 11.7 Å². The summed E-state index contributed by atoms with van der Waals surface area (Å²) in [5.74, 6) is 0.609. The molecule has 0 spiro atoms. The highest BCUT2D eigenvalue weighted by molar-refractivity contribution is 5.89. The van der Waals surface area contributed by atoms with E-state index >= 15 is 0 Å². The van der Waals surface area contributed by atoms with Crippen LogP contribution in [0.25, 0.3) is 11.0 Å². The number of fused-ring (bicyclic) bond motifs is 2.